The van der Waals surface area contributed by atoms with Gasteiger partial charge in [0.05, 0.1) is 11.8 Å². The molecule has 0 aliphatic carbocycles. The Morgan fingerprint density at radius 3 is 2.58 bits per heavy atom. The van der Waals surface area contributed by atoms with Crippen LogP contribution >= 0.6 is 11.3 Å². The summed E-state index contributed by atoms with van der Waals surface area (Å²) >= 11 is 1.34. The molecule has 24 heavy (non-hydrogen) atoms. The third-order valence-electron chi connectivity index (χ3n) is 3.93. The van der Waals surface area contributed by atoms with Crippen LogP contribution in [-0.2, 0) is 0 Å². The number of hydrogen-bond acceptors (Lipinski definition) is 7. The summed E-state index contributed by atoms with van der Waals surface area (Å²) in [6, 6.07) is 1.75. The molecule has 3 heterocycles. The van der Waals surface area contributed by atoms with Gasteiger partial charge in [-0.1, -0.05) is 0 Å². The van der Waals surface area contributed by atoms with Gasteiger partial charge in [0.1, 0.15) is 4.88 Å². The minimum Gasteiger partial charge on any atom is -0.392 e. The van der Waals surface area contributed by atoms with Crippen LogP contribution in [0, 0.1) is 6.92 Å². The lowest BCUT2D eigenvalue weighted by atomic mass is 10.2. The Morgan fingerprint density at radius 2 is 1.96 bits per heavy atom. The molecule has 0 bridgehead atoms. The third kappa shape index (κ3) is 3.77. The van der Waals surface area contributed by atoms with Crippen molar-refractivity contribution in [3.8, 4) is 10.8 Å². The van der Waals surface area contributed by atoms with Gasteiger partial charge in [0.15, 0.2) is 10.8 Å². The molecule has 2 aromatic heterocycles. The van der Waals surface area contributed by atoms with Crippen LogP contribution in [0.3, 0.4) is 0 Å². The van der Waals surface area contributed by atoms with E-state index < -0.39 is 0 Å². The van der Waals surface area contributed by atoms with E-state index in [0.717, 1.165) is 18.8 Å². The summed E-state index contributed by atoms with van der Waals surface area (Å²) in [5, 5.41) is 10.1. The van der Waals surface area contributed by atoms with Crippen molar-refractivity contribution >= 4 is 17.2 Å². The fourth-order valence-electron chi connectivity index (χ4n) is 2.75. The van der Waals surface area contributed by atoms with Crippen molar-refractivity contribution in [3.63, 3.8) is 0 Å². The van der Waals surface area contributed by atoms with Crippen LogP contribution in [0.5, 0.6) is 0 Å². The molecule has 1 N–H and O–H groups in total. The van der Waals surface area contributed by atoms with Gasteiger partial charge < -0.3 is 10.0 Å². The predicted molar refractivity (Wildman–Crippen MR) is 91.9 cm³/mol. The van der Waals surface area contributed by atoms with E-state index in [1.165, 1.54) is 11.3 Å². The SMILES string of the molecule is Cc1nc(-c2ncccn2)sc1C(=O)N1CCN(CC(C)O)CC1. The molecule has 7 nitrogen and oxygen atoms in total. The van der Waals surface area contributed by atoms with E-state index >= 15 is 0 Å². The van der Waals surface area contributed by atoms with Crippen LogP contribution in [0.15, 0.2) is 18.5 Å². The van der Waals surface area contributed by atoms with E-state index in [1.807, 2.05) is 11.8 Å². The number of aryl methyl sites for hydroxylation is 1. The molecule has 2 aromatic rings. The molecular weight excluding hydrogens is 326 g/mol. The van der Waals surface area contributed by atoms with Crippen LogP contribution in [0.1, 0.15) is 22.3 Å². The number of nitrogens with zero attached hydrogens (tertiary/aromatic N) is 5. The van der Waals surface area contributed by atoms with E-state index in [2.05, 4.69) is 19.9 Å². The summed E-state index contributed by atoms with van der Waals surface area (Å²) in [5.41, 5.74) is 0.721. The number of aliphatic hydroxyl groups excluding tert-OH is 1. The number of carbonyl (C=O) groups excluding carboxylic acids is 1. The van der Waals surface area contributed by atoms with Gasteiger partial charge >= 0.3 is 0 Å². The fraction of sp³-hybridized carbons (Fsp3) is 0.500. The summed E-state index contributed by atoms with van der Waals surface area (Å²) in [4.78, 5) is 30.3. The highest BCUT2D eigenvalue weighted by molar-refractivity contribution is 7.17. The highest BCUT2D eigenvalue weighted by Gasteiger charge is 2.26. The number of aromatic nitrogens is 3. The van der Waals surface area contributed by atoms with E-state index in [1.54, 1.807) is 25.4 Å². The molecule has 0 saturated carbocycles. The quantitative estimate of drug-likeness (QED) is 0.890. The second-order valence-corrected chi connectivity index (χ2v) is 6.95. The first kappa shape index (κ1) is 16.9. The second-order valence-electron chi connectivity index (χ2n) is 5.95. The standard InChI is InChI=1S/C16H21N5O2S/c1-11(22)10-20-6-8-21(9-7-20)16(23)13-12(2)19-15(24-13)14-17-4-3-5-18-14/h3-5,11,22H,6-10H2,1-2H3. The van der Waals surface area contributed by atoms with Crippen molar-refractivity contribution in [1.29, 1.82) is 0 Å². The maximum atomic E-state index is 12.8. The van der Waals surface area contributed by atoms with Gasteiger partial charge in [0.2, 0.25) is 0 Å². The smallest absolute Gasteiger partial charge is 0.265 e. The maximum absolute atomic E-state index is 12.8. The van der Waals surface area contributed by atoms with Crippen LogP contribution in [-0.4, -0.2) is 74.6 Å². The topological polar surface area (TPSA) is 82.5 Å². The Hall–Kier alpha value is -1.90. The third-order valence-corrected chi connectivity index (χ3v) is 5.07. The van der Waals surface area contributed by atoms with Crippen LogP contribution in [0.25, 0.3) is 10.8 Å². The first-order chi connectivity index (χ1) is 11.5. The monoisotopic (exact) mass is 347 g/mol. The zero-order valence-electron chi connectivity index (χ0n) is 13.8. The number of β-amino-alcohol motifs (C(OH)–C–C–N with tert-alkyl or cyclic N) is 1. The number of hydrogen-bond donors (Lipinski definition) is 1. The van der Waals surface area contributed by atoms with E-state index in [4.69, 9.17) is 0 Å². The van der Waals surface area contributed by atoms with Gasteiger partial charge in [-0.15, -0.1) is 11.3 Å². The van der Waals surface area contributed by atoms with E-state index in [9.17, 15) is 9.90 Å². The molecule has 1 saturated heterocycles. The fourth-order valence-corrected chi connectivity index (χ4v) is 3.73. The highest BCUT2D eigenvalue weighted by atomic mass is 32.1. The Balaban J connectivity index is 1.69. The van der Waals surface area contributed by atoms with Gasteiger partial charge in [0, 0.05) is 45.1 Å². The molecule has 1 fully saturated rings. The molecule has 1 amide bonds. The molecule has 1 unspecified atom stereocenters. The molecule has 1 aliphatic heterocycles. The molecule has 128 valence electrons. The number of piperazine rings is 1. The molecule has 1 atom stereocenters. The number of thiazole rings is 1. The Labute approximate surface area is 145 Å². The van der Waals surface area contributed by atoms with Gasteiger partial charge in [0.25, 0.3) is 5.91 Å². The van der Waals surface area contributed by atoms with Gasteiger partial charge in [-0.3, -0.25) is 9.69 Å². The summed E-state index contributed by atoms with van der Waals surface area (Å²) in [6.45, 7) is 7.18. The second kappa shape index (κ2) is 7.33. The number of aliphatic hydroxyl groups is 1. The lowest BCUT2D eigenvalue weighted by Crippen LogP contribution is -2.50. The Kier molecular flexibility index (Phi) is 5.17. The van der Waals surface area contributed by atoms with Gasteiger partial charge in [-0.25, -0.2) is 15.0 Å². The Bertz CT molecular complexity index is 696. The minimum atomic E-state index is -0.343. The van der Waals surface area contributed by atoms with E-state index in [0.29, 0.717) is 35.3 Å². The summed E-state index contributed by atoms with van der Waals surface area (Å²) in [6.07, 6.45) is 2.99. The average molecular weight is 347 g/mol. The van der Waals surface area contributed by atoms with Gasteiger partial charge in [-0.2, -0.15) is 0 Å². The average Bonchev–Trinajstić information content (AvgIpc) is 2.97. The maximum Gasteiger partial charge on any atom is 0.265 e. The van der Waals surface area contributed by atoms with Crippen molar-refractivity contribution in [2.24, 2.45) is 0 Å². The van der Waals surface area contributed by atoms with Crippen molar-refractivity contribution < 1.29 is 9.90 Å². The number of amides is 1. The molecule has 0 aromatic carbocycles. The zero-order chi connectivity index (χ0) is 17.1. The summed E-state index contributed by atoms with van der Waals surface area (Å²) in [7, 11) is 0. The van der Waals surface area contributed by atoms with Crippen LogP contribution < -0.4 is 0 Å². The van der Waals surface area contributed by atoms with Gasteiger partial charge in [-0.05, 0) is 19.9 Å². The molecule has 8 heteroatoms. The van der Waals surface area contributed by atoms with E-state index in [-0.39, 0.29) is 12.0 Å². The molecule has 3 rings (SSSR count). The minimum absolute atomic E-state index is 0.0175. The zero-order valence-corrected chi connectivity index (χ0v) is 14.7. The van der Waals surface area contributed by atoms with Crippen molar-refractivity contribution in [3.05, 3.63) is 29.0 Å². The predicted octanol–water partition coefficient (Wildman–Crippen LogP) is 1.05. The lowest BCUT2D eigenvalue weighted by molar-refractivity contribution is 0.0557. The highest BCUT2D eigenvalue weighted by Crippen LogP contribution is 2.26. The van der Waals surface area contributed by atoms with Crippen molar-refractivity contribution in [1.82, 2.24) is 24.8 Å². The molecule has 0 spiro atoms. The normalized spacial score (nSPS) is 17.0. The lowest BCUT2D eigenvalue weighted by Gasteiger charge is -2.35. The first-order valence-electron chi connectivity index (χ1n) is 7.99. The molecule has 0 radical (unpaired) electrons. The number of rotatable bonds is 4. The summed E-state index contributed by atoms with van der Waals surface area (Å²) in [5.74, 6) is 0.565. The molecule has 1 aliphatic rings. The number of carbonyl (C=O) groups is 1. The van der Waals surface area contributed by atoms with Crippen LogP contribution in [0.2, 0.25) is 0 Å². The van der Waals surface area contributed by atoms with Crippen molar-refractivity contribution in [2.75, 3.05) is 32.7 Å². The summed E-state index contributed by atoms with van der Waals surface area (Å²) < 4.78 is 0. The Morgan fingerprint density at radius 1 is 1.29 bits per heavy atom. The largest absolute Gasteiger partial charge is 0.392 e. The first-order valence-corrected chi connectivity index (χ1v) is 8.80. The molecular formula is C16H21N5O2S. The van der Waals surface area contributed by atoms with Crippen molar-refractivity contribution in [2.45, 2.75) is 20.0 Å². The van der Waals surface area contributed by atoms with Crippen LogP contribution in [0.4, 0.5) is 0 Å².